The van der Waals surface area contributed by atoms with Gasteiger partial charge in [0.2, 0.25) is 5.91 Å². The van der Waals surface area contributed by atoms with Crippen molar-refractivity contribution in [3.8, 4) is 0 Å². The van der Waals surface area contributed by atoms with E-state index in [1.807, 2.05) is 18.2 Å². The molecule has 0 aromatic heterocycles. The largest absolute Gasteiger partial charge is 0.384 e. The molecule has 5 nitrogen and oxygen atoms in total. The first-order chi connectivity index (χ1) is 9.22. The van der Waals surface area contributed by atoms with Gasteiger partial charge < -0.3 is 16.0 Å². The topological polar surface area (TPSA) is 70.2 Å². The first-order valence-electron chi connectivity index (χ1n) is 6.67. The van der Waals surface area contributed by atoms with Gasteiger partial charge in [0.05, 0.1) is 0 Å². The number of nitrogens with one attached hydrogen (secondary N) is 3. The molecule has 1 aromatic carbocycles. The molecule has 3 rings (SSSR count). The fraction of sp³-hybridized carbons (Fsp3) is 0.429. The summed E-state index contributed by atoms with van der Waals surface area (Å²) in [4.78, 5) is 23.2. The van der Waals surface area contributed by atoms with Crippen LogP contribution in [0.1, 0.15) is 28.8 Å². The molecule has 100 valence electrons. The third-order valence-corrected chi connectivity index (χ3v) is 3.68. The highest BCUT2D eigenvalue weighted by Gasteiger charge is 2.21. The van der Waals surface area contributed by atoms with Gasteiger partial charge >= 0.3 is 0 Å². The highest BCUT2D eigenvalue weighted by Crippen LogP contribution is 2.23. The van der Waals surface area contributed by atoms with E-state index < -0.39 is 0 Å². The summed E-state index contributed by atoms with van der Waals surface area (Å²) in [6.45, 7) is 1.46. The first-order valence-corrected chi connectivity index (χ1v) is 6.67. The number of fused-ring (bicyclic) bond motifs is 1. The molecule has 1 fully saturated rings. The molecule has 0 radical (unpaired) electrons. The van der Waals surface area contributed by atoms with Crippen molar-refractivity contribution >= 4 is 17.5 Å². The summed E-state index contributed by atoms with van der Waals surface area (Å²) in [5.41, 5.74) is 3.00. The highest BCUT2D eigenvalue weighted by atomic mass is 16.2. The number of piperidine rings is 1. The molecule has 0 aliphatic carbocycles. The number of hydrogen-bond donors (Lipinski definition) is 3. The molecule has 1 atom stereocenters. The summed E-state index contributed by atoms with van der Waals surface area (Å²) in [5, 5.41) is 9.00. The van der Waals surface area contributed by atoms with Crippen LogP contribution in [0, 0.1) is 0 Å². The van der Waals surface area contributed by atoms with Crippen molar-refractivity contribution in [2.75, 3.05) is 18.4 Å². The van der Waals surface area contributed by atoms with Gasteiger partial charge in [-0.25, -0.2) is 0 Å². The van der Waals surface area contributed by atoms with E-state index in [-0.39, 0.29) is 17.9 Å². The van der Waals surface area contributed by atoms with E-state index in [4.69, 9.17) is 0 Å². The van der Waals surface area contributed by atoms with E-state index in [1.165, 1.54) is 5.56 Å². The zero-order chi connectivity index (χ0) is 13.2. The summed E-state index contributed by atoms with van der Waals surface area (Å²) >= 11 is 0. The van der Waals surface area contributed by atoms with Crippen LogP contribution in [0.15, 0.2) is 18.2 Å². The Balaban J connectivity index is 1.65. The van der Waals surface area contributed by atoms with E-state index in [9.17, 15) is 9.59 Å². The van der Waals surface area contributed by atoms with E-state index in [2.05, 4.69) is 16.0 Å². The molecule has 0 bridgehead atoms. The predicted octanol–water partition coefficient (Wildman–Crippen LogP) is 0.663. The summed E-state index contributed by atoms with van der Waals surface area (Å²) in [6, 6.07) is 5.81. The molecular formula is C14H17N3O2. The molecule has 1 aromatic rings. The van der Waals surface area contributed by atoms with Gasteiger partial charge in [0, 0.05) is 36.8 Å². The Morgan fingerprint density at radius 3 is 2.95 bits per heavy atom. The Labute approximate surface area is 111 Å². The van der Waals surface area contributed by atoms with Gasteiger partial charge in [-0.05, 0) is 30.5 Å². The van der Waals surface area contributed by atoms with Crippen LogP contribution in [0.2, 0.25) is 0 Å². The van der Waals surface area contributed by atoms with Crippen molar-refractivity contribution < 1.29 is 9.59 Å². The molecule has 2 amide bonds. The van der Waals surface area contributed by atoms with Crippen LogP contribution >= 0.6 is 0 Å². The number of hydrogen-bond acceptors (Lipinski definition) is 3. The van der Waals surface area contributed by atoms with Crippen molar-refractivity contribution in [3.05, 3.63) is 29.3 Å². The second-order valence-corrected chi connectivity index (χ2v) is 5.06. The Bertz CT molecular complexity index is 517. The van der Waals surface area contributed by atoms with Crippen LogP contribution in [0.4, 0.5) is 5.69 Å². The van der Waals surface area contributed by atoms with Gasteiger partial charge in [0.1, 0.15) is 0 Å². The lowest BCUT2D eigenvalue weighted by atomic mass is 10.1. The smallest absolute Gasteiger partial charge is 0.251 e. The average Bonchev–Trinajstić information content (AvgIpc) is 2.88. The second-order valence-electron chi connectivity index (χ2n) is 5.06. The van der Waals surface area contributed by atoms with Crippen molar-refractivity contribution in [2.24, 2.45) is 0 Å². The normalized spacial score (nSPS) is 21.3. The SMILES string of the molecule is O=C1CCC(NC(=O)c2ccc3c(c2)NCC3)CN1. The summed E-state index contributed by atoms with van der Waals surface area (Å²) < 4.78 is 0. The molecule has 1 unspecified atom stereocenters. The van der Waals surface area contributed by atoms with Crippen LogP contribution in [0.3, 0.4) is 0 Å². The number of anilines is 1. The third-order valence-electron chi connectivity index (χ3n) is 3.68. The fourth-order valence-corrected chi connectivity index (χ4v) is 2.56. The third kappa shape index (κ3) is 2.54. The first kappa shape index (κ1) is 12.0. The Morgan fingerprint density at radius 2 is 2.16 bits per heavy atom. The minimum Gasteiger partial charge on any atom is -0.384 e. The Hall–Kier alpha value is -2.04. The minimum atomic E-state index is -0.0716. The summed E-state index contributed by atoms with van der Waals surface area (Å²) in [6.07, 6.45) is 2.21. The zero-order valence-electron chi connectivity index (χ0n) is 10.7. The molecule has 3 N–H and O–H groups in total. The maximum absolute atomic E-state index is 12.1. The quantitative estimate of drug-likeness (QED) is 0.731. The van der Waals surface area contributed by atoms with Crippen molar-refractivity contribution in [1.82, 2.24) is 10.6 Å². The number of carbonyl (C=O) groups excluding carboxylic acids is 2. The highest BCUT2D eigenvalue weighted by molar-refractivity contribution is 5.95. The van der Waals surface area contributed by atoms with Gasteiger partial charge in [-0.1, -0.05) is 6.07 Å². The molecule has 2 aliphatic rings. The van der Waals surface area contributed by atoms with Crippen molar-refractivity contribution in [2.45, 2.75) is 25.3 Å². The molecule has 0 saturated carbocycles. The van der Waals surface area contributed by atoms with E-state index in [0.29, 0.717) is 24.9 Å². The van der Waals surface area contributed by atoms with Crippen molar-refractivity contribution in [3.63, 3.8) is 0 Å². The summed E-state index contributed by atoms with van der Waals surface area (Å²) in [7, 11) is 0. The zero-order valence-corrected chi connectivity index (χ0v) is 10.7. The van der Waals surface area contributed by atoms with Crippen LogP contribution < -0.4 is 16.0 Å². The molecule has 19 heavy (non-hydrogen) atoms. The number of benzene rings is 1. The minimum absolute atomic E-state index is 0.0337. The van der Waals surface area contributed by atoms with E-state index in [0.717, 1.165) is 18.7 Å². The van der Waals surface area contributed by atoms with Gasteiger partial charge in [-0.3, -0.25) is 9.59 Å². The van der Waals surface area contributed by atoms with Crippen molar-refractivity contribution in [1.29, 1.82) is 0 Å². The van der Waals surface area contributed by atoms with Crippen LogP contribution in [0.25, 0.3) is 0 Å². The van der Waals surface area contributed by atoms with Gasteiger partial charge in [-0.15, -0.1) is 0 Å². The predicted molar refractivity (Wildman–Crippen MR) is 72.1 cm³/mol. The lowest BCUT2D eigenvalue weighted by Crippen LogP contribution is -2.47. The summed E-state index contributed by atoms with van der Waals surface area (Å²) in [5.74, 6) is -0.00937. The maximum Gasteiger partial charge on any atom is 0.251 e. The van der Waals surface area contributed by atoms with E-state index in [1.54, 1.807) is 0 Å². The molecular weight excluding hydrogens is 242 g/mol. The van der Waals surface area contributed by atoms with Gasteiger partial charge in [0.15, 0.2) is 0 Å². The van der Waals surface area contributed by atoms with Gasteiger partial charge in [-0.2, -0.15) is 0 Å². The van der Waals surface area contributed by atoms with Crippen LogP contribution in [-0.4, -0.2) is 30.9 Å². The van der Waals surface area contributed by atoms with Crippen LogP contribution in [0.5, 0.6) is 0 Å². The molecule has 5 heteroatoms. The molecule has 2 heterocycles. The van der Waals surface area contributed by atoms with E-state index >= 15 is 0 Å². The van der Waals surface area contributed by atoms with Gasteiger partial charge in [0.25, 0.3) is 5.91 Å². The second kappa shape index (κ2) is 4.91. The molecule has 0 spiro atoms. The lowest BCUT2D eigenvalue weighted by Gasteiger charge is -2.23. The maximum atomic E-state index is 12.1. The fourth-order valence-electron chi connectivity index (χ4n) is 2.56. The Morgan fingerprint density at radius 1 is 1.26 bits per heavy atom. The molecule has 2 aliphatic heterocycles. The number of amides is 2. The number of rotatable bonds is 2. The lowest BCUT2D eigenvalue weighted by molar-refractivity contribution is -0.122. The van der Waals surface area contributed by atoms with Crippen LogP contribution in [-0.2, 0) is 11.2 Å². The number of carbonyl (C=O) groups is 2. The molecule has 1 saturated heterocycles. The standard InChI is InChI=1S/C14H17N3O2/c18-13-4-3-11(8-16-13)17-14(19)10-2-1-9-5-6-15-12(9)7-10/h1-2,7,11,15H,3-6,8H2,(H,16,18)(H,17,19). The Kier molecular flexibility index (Phi) is 3.11. The monoisotopic (exact) mass is 259 g/mol. The average molecular weight is 259 g/mol.